The Kier molecular flexibility index (Phi) is 6.81. The van der Waals surface area contributed by atoms with Crippen molar-refractivity contribution in [2.24, 2.45) is 0 Å². The van der Waals surface area contributed by atoms with Gasteiger partial charge in [-0.25, -0.2) is 17.9 Å². The van der Waals surface area contributed by atoms with Crippen molar-refractivity contribution >= 4 is 27.3 Å². The summed E-state index contributed by atoms with van der Waals surface area (Å²) in [5, 5.41) is 7.68. The first kappa shape index (κ1) is 26.0. The van der Waals surface area contributed by atoms with Crippen LogP contribution in [0, 0.1) is 34.6 Å². The van der Waals surface area contributed by atoms with Crippen molar-refractivity contribution in [2.75, 3.05) is 31.6 Å². The van der Waals surface area contributed by atoms with Crippen molar-refractivity contribution < 1.29 is 17.9 Å². The van der Waals surface area contributed by atoms with E-state index in [0.717, 1.165) is 28.2 Å². The monoisotopic (exact) mass is 533 g/mol. The molecule has 0 aliphatic carbocycles. The van der Waals surface area contributed by atoms with E-state index in [1.54, 1.807) is 23.6 Å². The van der Waals surface area contributed by atoms with Crippen LogP contribution in [0.1, 0.15) is 38.6 Å². The molecular weight excluding hydrogens is 502 g/mol. The number of para-hydroxylation sites is 1. The number of hydrogen-bond donors (Lipinski definition) is 1. The lowest BCUT2D eigenvalue weighted by Crippen LogP contribution is -2.40. The van der Waals surface area contributed by atoms with Crippen molar-refractivity contribution in [2.45, 2.75) is 39.5 Å². The molecule has 4 aromatic rings. The lowest BCUT2D eigenvalue weighted by atomic mass is 10.0. The van der Waals surface area contributed by atoms with E-state index in [0.29, 0.717) is 48.6 Å². The Labute approximate surface area is 222 Å². The number of carbonyl (C=O) groups excluding carboxylic acids is 1. The molecule has 198 valence electrons. The number of benzene rings is 2. The van der Waals surface area contributed by atoms with Crippen molar-refractivity contribution in [3.8, 4) is 11.1 Å². The molecule has 2 aromatic heterocycles. The number of hydrogen-bond acceptors (Lipinski definition) is 6. The maximum atomic E-state index is 13.7. The quantitative estimate of drug-likeness (QED) is 0.412. The summed E-state index contributed by atoms with van der Waals surface area (Å²) in [5.74, 6) is -0.391. The fourth-order valence-corrected chi connectivity index (χ4v) is 6.55. The van der Waals surface area contributed by atoms with Crippen LogP contribution in [-0.2, 0) is 14.8 Å². The second kappa shape index (κ2) is 9.94. The highest BCUT2D eigenvalue weighted by Crippen LogP contribution is 2.33. The molecule has 1 aliphatic rings. The molecule has 0 bridgehead atoms. The van der Waals surface area contributed by atoms with Gasteiger partial charge in [-0.05, 0) is 69.0 Å². The molecule has 1 aliphatic heterocycles. The maximum absolute atomic E-state index is 13.7. The van der Waals surface area contributed by atoms with Gasteiger partial charge in [0.25, 0.3) is 5.91 Å². The van der Waals surface area contributed by atoms with Gasteiger partial charge in [-0.2, -0.15) is 9.40 Å². The standard InChI is InChI=1S/C28H31N5O4S/c1-17-9-10-22(16-23(17)38(35,36)32-11-13-37-14-12-32)24-26(31-33-21(5)15-20(4)29-27(24)33)28(34)30-25-18(2)7-6-8-19(25)3/h6-10,15-16H,11-14H2,1-5H3,(H,30,34). The topological polar surface area (TPSA) is 106 Å². The Hall–Kier alpha value is -3.60. The van der Waals surface area contributed by atoms with Gasteiger partial charge in [0.15, 0.2) is 11.3 Å². The van der Waals surface area contributed by atoms with Crippen LogP contribution in [0.2, 0.25) is 0 Å². The smallest absolute Gasteiger partial charge is 0.276 e. The predicted octanol–water partition coefficient (Wildman–Crippen LogP) is 4.21. The van der Waals surface area contributed by atoms with Crippen LogP contribution in [0.3, 0.4) is 0 Å². The molecule has 1 saturated heterocycles. The van der Waals surface area contributed by atoms with Crippen molar-refractivity contribution in [3.05, 3.63) is 76.2 Å². The molecule has 3 heterocycles. The van der Waals surface area contributed by atoms with Crippen molar-refractivity contribution in [3.63, 3.8) is 0 Å². The number of amides is 1. The van der Waals surface area contributed by atoms with E-state index >= 15 is 0 Å². The number of carbonyl (C=O) groups is 1. The average molecular weight is 534 g/mol. The van der Waals surface area contributed by atoms with Crippen LogP contribution in [-0.4, -0.2) is 59.5 Å². The first-order valence-corrected chi connectivity index (χ1v) is 14.0. The first-order chi connectivity index (χ1) is 18.1. The Morgan fingerprint density at radius 2 is 1.63 bits per heavy atom. The molecule has 0 atom stereocenters. The molecule has 0 spiro atoms. The summed E-state index contributed by atoms with van der Waals surface area (Å²) in [6.07, 6.45) is 0. The van der Waals surface area contributed by atoms with Gasteiger partial charge in [-0.15, -0.1) is 0 Å². The Bertz CT molecular complexity index is 1650. The number of aryl methyl sites for hydroxylation is 5. The number of anilines is 1. The third-order valence-electron chi connectivity index (χ3n) is 6.89. The van der Waals surface area contributed by atoms with E-state index in [1.165, 1.54) is 4.31 Å². The van der Waals surface area contributed by atoms with Crippen LogP contribution < -0.4 is 5.32 Å². The largest absolute Gasteiger partial charge is 0.379 e. The first-order valence-electron chi connectivity index (χ1n) is 12.5. The Morgan fingerprint density at radius 3 is 2.32 bits per heavy atom. The number of sulfonamides is 1. The Balaban J connectivity index is 1.69. The second-order valence-corrected chi connectivity index (χ2v) is 11.6. The van der Waals surface area contributed by atoms with Gasteiger partial charge in [0.1, 0.15) is 0 Å². The van der Waals surface area contributed by atoms with Crippen LogP contribution in [0.25, 0.3) is 16.8 Å². The van der Waals surface area contributed by atoms with Crippen LogP contribution in [0.4, 0.5) is 5.69 Å². The normalized spacial score (nSPS) is 14.7. The fourth-order valence-electron chi connectivity index (χ4n) is 4.89. The van der Waals surface area contributed by atoms with Gasteiger partial charge in [0, 0.05) is 30.2 Å². The van der Waals surface area contributed by atoms with Gasteiger partial charge < -0.3 is 10.1 Å². The minimum absolute atomic E-state index is 0.174. The summed E-state index contributed by atoms with van der Waals surface area (Å²) >= 11 is 0. The number of nitrogens with one attached hydrogen (secondary N) is 1. The molecule has 38 heavy (non-hydrogen) atoms. The molecular formula is C28H31N5O4S. The lowest BCUT2D eigenvalue weighted by molar-refractivity contribution is 0.0730. The fraction of sp³-hybridized carbons (Fsp3) is 0.321. The summed E-state index contributed by atoms with van der Waals surface area (Å²) < 4.78 is 35.6. The summed E-state index contributed by atoms with van der Waals surface area (Å²) in [6, 6.07) is 12.9. The zero-order valence-corrected chi connectivity index (χ0v) is 23.0. The average Bonchev–Trinajstić information content (AvgIpc) is 3.27. The highest BCUT2D eigenvalue weighted by atomic mass is 32.2. The van der Waals surface area contributed by atoms with E-state index in [1.807, 2.05) is 58.0 Å². The SMILES string of the molecule is Cc1cc(C)n2nc(C(=O)Nc3c(C)cccc3C)c(-c3ccc(C)c(S(=O)(=O)N4CCOCC4)c3)c2n1. The molecule has 0 saturated carbocycles. The molecule has 0 radical (unpaired) electrons. The van der Waals surface area contributed by atoms with Crippen molar-refractivity contribution in [1.29, 1.82) is 0 Å². The number of aromatic nitrogens is 3. The molecule has 10 heteroatoms. The summed E-state index contributed by atoms with van der Waals surface area (Å²) in [7, 11) is -3.76. The summed E-state index contributed by atoms with van der Waals surface area (Å²) in [5.41, 5.74) is 6.51. The number of ether oxygens (including phenoxy) is 1. The van der Waals surface area contributed by atoms with Crippen LogP contribution in [0.15, 0.2) is 47.4 Å². The van der Waals surface area contributed by atoms with Gasteiger partial charge in [-0.1, -0.05) is 30.3 Å². The third-order valence-corrected chi connectivity index (χ3v) is 8.94. The molecule has 2 aromatic carbocycles. The summed E-state index contributed by atoms with van der Waals surface area (Å²) in [4.78, 5) is 18.6. The van der Waals surface area contributed by atoms with E-state index in [9.17, 15) is 13.2 Å². The number of rotatable bonds is 5. The highest BCUT2D eigenvalue weighted by molar-refractivity contribution is 7.89. The molecule has 9 nitrogen and oxygen atoms in total. The van der Waals surface area contributed by atoms with Gasteiger partial charge in [-0.3, -0.25) is 4.79 Å². The molecule has 5 rings (SSSR count). The molecule has 1 fully saturated rings. The molecule has 0 unspecified atom stereocenters. The van der Waals surface area contributed by atoms with E-state index in [2.05, 4.69) is 10.4 Å². The predicted molar refractivity (Wildman–Crippen MR) is 146 cm³/mol. The van der Waals surface area contributed by atoms with Gasteiger partial charge in [0.05, 0.1) is 23.7 Å². The minimum Gasteiger partial charge on any atom is -0.379 e. The van der Waals surface area contributed by atoms with Crippen LogP contribution in [0.5, 0.6) is 0 Å². The highest BCUT2D eigenvalue weighted by Gasteiger charge is 2.30. The minimum atomic E-state index is -3.76. The van der Waals surface area contributed by atoms with Gasteiger partial charge in [0.2, 0.25) is 10.0 Å². The maximum Gasteiger partial charge on any atom is 0.276 e. The zero-order chi connectivity index (χ0) is 27.2. The third kappa shape index (κ3) is 4.59. The van der Waals surface area contributed by atoms with Crippen LogP contribution >= 0.6 is 0 Å². The van der Waals surface area contributed by atoms with E-state index < -0.39 is 15.9 Å². The Morgan fingerprint density at radius 1 is 0.947 bits per heavy atom. The van der Waals surface area contributed by atoms with Gasteiger partial charge >= 0.3 is 0 Å². The van der Waals surface area contributed by atoms with E-state index in [-0.39, 0.29) is 10.6 Å². The zero-order valence-electron chi connectivity index (χ0n) is 22.2. The van der Waals surface area contributed by atoms with E-state index in [4.69, 9.17) is 9.72 Å². The molecule has 1 N–H and O–H groups in total. The second-order valence-electron chi connectivity index (χ2n) is 9.72. The summed E-state index contributed by atoms with van der Waals surface area (Å²) in [6.45, 7) is 10.7. The number of morpholine rings is 1. The number of fused-ring (bicyclic) bond motifs is 1. The number of nitrogens with zero attached hydrogens (tertiary/aromatic N) is 4. The van der Waals surface area contributed by atoms with Crippen molar-refractivity contribution in [1.82, 2.24) is 18.9 Å². The molecule has 1 amide bonds. The lowest BCUT2D eigenvalue weighted by Gasteiger charge is -2.26.